The first-order chi connectivity index (χ1) is 14.7. The van der Waals surface area contributed by atoms with E-state index in [0.29, 0.717) is 0 Å². The highest BCUT2D eigenvalue weighted by Crippen LogP contribution is 2.45. The SMILES string of the molecule is CC(C)[Si](c1ccc(-c2ccc(-c3ccc(-c4ccc(Br)s4)s3)s2)s1)(C(C)C)C(C)C. The van der Waals surface area contributed by atoms with Crippen molar-refractivity contribution in [1.29, 1.82) is 0 Å². The topological polar surface area (TPSA) is 0 Å². The molecule has 0 aliphatic carbocycles. The molecule has 0 aromatic carbocycles. The molecule has 4 heterocycles. The molecular weight excluding hydrogens is 537 g/mol. The van der Waals surface area contributed by atoms with Crippen LogP contribution in [0.1, 0.15) is 41.5 Å². The third-order valence-electron chi connectivity index (χ3n) is 6.41. The Bertz CT molecular complexity index is 1140. The van der Waals surface area contributed by atoms with Gasteiger partial charge >= 0.3 is 0 Å². The van der Waals surface area contributed by atoms with Gasteiger partial charge in [0.2, 0.25) is 0 Å². The highest BCUT2D eigenvalue weighted by molar-refractivity contribution is 9.11. The van der Waals surface area contributed by atoms with Crippen LogP contribution in [-0.2, 0) is 0 Å². The summed E-state index contributed by atoms with van der Waals surface area (Å²) in [5, 5.41) is 0. The smallest absolute Gasteiger partial charge is 0.107 e. The lowest BCUT2D eigenvalue weighted by molar-refractivity contribution is 0.837. The molecule has 4 aromatic heterocycles. The van der Waals surface area contributed by atoms with Crippen LogP contribution in [0.25, 0.3) is 29.3 Å². The molecule has 4 rings (SSSR count). The average molecular weight is 566 g/mol. The first kappa shape index (κ1) is 23.6. The molecule has 0 saturated heterocycles. The van der Waals surface area contributed by atoms with Crippen molar-refractivity contribution < 1.29 is 0 Å². The molecule has 6 heteroatoms. The third kappa shape index (κ3) is 4.36. The van der Waals surface area contributed by atoms with Crippen LogP contribution in [-0.4, -0.2) is 8.07 Å². The zero-order valence-electron chi connectivity index (χ0n) is 18.9. The van der Waals surface area contributed by atoms with Gasteiger partial charge in [0, 0.05) is 29.3 Å². The lowest BCUT2D eigenvalue weighted by Crippen LogP contribution is -2.54. The molecule has 0 spiro atoms. The van der Waals surface area contributed by atoms with Gasteiger partial charge < -0.3 is 0 Å². The zero-order chi connectivity index (χ0) is 22.3. The highest BCUT2D eigenvalue weighted by Gasteiger charge is 2.45. The maximum atomic E-state index is 3.58. The Hall–Kier alpha value is -0.503. The van der Waals surface area contributed by atoms with E-state index in [0.717, 1.165) is 16.6 Å². The molecule has 0 amide bonds. The first-order valence-corrected chi connectivity index (χ1v) is 17.1. The number of thiophene rings is 4. The minimum absolute atomic E-state index is 0.750. The Kier molecular flexibility index (Phi) is 7.17. The minimum Gasteiger partial charge on any atom is -0.144 e. The molecular formula is C25H29BrS4Si. The van der Waals surface area contributed by atoms with Crippen molar-refractivity contribution in [1.82, 2.24) is 0 Å². The Labute approximate surface area is 212 Å². The maximum absolute atomic E-state index is 3.58. The van der Waals surface area contributed by atoms with Crippen LogP contribution in [0.4, 0.5) is 0 Å². The summed E-state index contributed by atoms with van der Waals surface area (Å²) in [4.78, 5) is 8.25. The molecule has 31 heavy (non-hydrogen) atoms. The van der Waals surface area contributed by atoms with E-state index < -0.39 is 8.07 Å². The van der Waals surface area contributed by atoms with Crippen molar-refractivity contribution in [2.24, 2.45) is 0 Å². The molecule has 0 bridgehead atoms. The van der Waals surface area contributed by atoms with Crippen LogP contribution in [0.2, 0.25) is 16.6 Å². The number of rotatable bonds is 7. The van der Waals surface area contributed by atoms with Gasteiger partial charge in [0.25, 0.3) is 0 Å². The molecule has 0 radical (unpaired) electrons. The largest absolute Gasteiger partial charge is 0.144 e. The first-order valence-electron chi connectivity index (χ1n) is 10.8. The van der Waals surface area contributed by atoms with Gasteiger partial charge in [0.1, 0.15) is 8.07 Å². The van der Waals surface area contributed by atoms with Crippen LogP contribution in [0.3, 0.4) is 0 Å². The maximum Gasteiger partial charge on any atom is 0.107 e. The fourth-order valence-corrected chi connectivity index (χ4v) is 18.9. The van der Waals surface area contributed by atoms with E-state index in [1.807, 2.05) is 22.7 Å². The fourth-order valence-electron chi connectivity index (χ4n) is 5.21. The summed E-state index contributed by atoms with van der Waals surface area (Å²) < 4.78 is 2.87. The second-order valence-electron chi connectivity index (χ2n) is 8.99. The van der Waals surface area contributed by atoms with Gasteiger partial charge in [-0.25, -0.2) is 0 Å². The van der Waals surface area contributed by atoms with Crippen LogP contribution >= 0.6 is 61.3 Å². The highest BCUT2D eigenvalue weighted by atomic mass is 79.9. The molecule has 0 nitrogen and oxygen atoms in total. The van der Waals surface area contributed by atoms with E-state index in [1.165, 1.54) is 33.0 Å². The summed E-state index contributed by atoms with van der Waals surface area (Å²) in [7, 11) is -1.58. The van der Waals surface area contributed by atoms with Gasteiger partial charge in [0.15, 0.2) is 0 Å². The van der Waals surface area contributed by atoms with Gasteiger partial charge in [-0.15, -0.1) is 45.3 Å². The van der Waals surface area contributed by atoms with Crippen LogP contribution in [0.15, 0.2) is 52.3 Å². The molecule has 0 saturated carbocycles. The second kappa shape index (κ2) is 9.39. The van der Waals surface area contributed by atoms with Crippen LogP contribution in [0.5, 0.6) is 0 Å². The van der Waals surface area contributed by atoms with Gasteiger partial charge in [-0.2, -0.15) is 0 Å². The van der Waals surface area contributed by atoms with Crippen molar-refractivity contribution in [2.75, 3.05) is 0 Å². The van der Waals surface area contributed by atoms with Gasteiger partial charge in [-0.05, 0) is 79.5 Å². The Balaban J connectivity index is 1.64. The predicted molar refractivity (Wildman–Crippen MR) is 153 cm³/mol. The Morgan fingerprint density at radius 3 is 1.26 bits per heavy atom. The average Bonchev–Trinajstić information content (AvgIpc) is 3.47. The van der Waals surface area contributed by atoms with E-state index in [2.05, 4.69) is 117 Å². The summed E-state index contributed by atoms with van der Waals surface area (Å²) in [5.41, 5.74) is 2.25. The molecule has 0 aliphatic rings. The quantitative estimate of drug-likeness (QED) is 0.196. The lowest BCUT2D eigenvalue weighted by atomic mass is 10.3. The van der Waals surface area contributed by atoms with E-state index in [9.17, 15) is 0 Å². The number of hydrogen-bond donors (Lipinski definition) is 0. The van der Waals surface area contributed by atoms with Crippen LogP contribution in [0, 0.1) is 0 Å². The van der Waals surface area contributed by atoms with Gasteiger partial charge in [-0.1, -0.05) is 47.6 Å². The normalized spacial score (nSPS) is 12.6. The summed E-state index contributed by atoms with van der Waals surface area (Å²) in [5.74, 6) is 0. The summed E-state index contributed by atoms with van der Waals surface area (Å²) in [6, 6.07) is 18.3. The van der Waals surface area contributed by atoms with E-state index in [1.54, 1.807) is 15.8 Å². The summed E-state index contributed by atoms with van der Waals surface area (Å²) in [6.45, 7) is 14.7. The van der Waals surface area contributed by atoms with Crippen molar-refractivity contribution >= 4 is 73.9 Å². The molecule has 0 N–H and O–H groups in total. The van der Waals surface area contributed by atoms with Crippen molar-refractivity contribution in [2.45, 2.75) is 58.2 Å². The summed E-state index contributed by atoms with van der Waals surface area (Å²) >= 11 is 11.3. The minimum atomic E-state index is -1.58. The van der Waals surface area contributed by atoms with Crippen molar-refractivity contribution in [3.63, 3.8) is 0 Å². The zero-order valence-corrected chi connectivity index (χ0v) is 24.7. The van der Waals surface area contributed by atoms with E-state index in [4.69, 9.17) is 0 Å². The number of hydrogen-bond acceptors (Lipinski definition) is 4. The Morgan fingerprint density at radius 1 is 0.516 bits per heavy atom. The lowest BCUT2D eigenvalue weighted by Gasteiger charge is -2.42. The van der Waals surface area contributed by atoms with Crippen LogP contribution < -0.4 is 4.50 Å². The summed E-state index contributed by atoms with van der Waals surface area (Å²) in [6.07, 6.45) is 0. The predicted octanol–water partition coefficient (Wildman–Crippen LogP) is 10.6. The third-order valence-corrected chi connectivity index (χ3v) is 19.8. The molecule has 0 atom stereocenters. The second-order valence-corrected chi connectivity index (χ2v) is 20.9. The standard InChI is InChI=1S/C25H29BrS4Si/c1-15(2)31(16(3)4,17(5)6)25-14-12-23(30-25)21-10-8-19(28-21)18-7-9-20(27-18)22-11-13-24(26)29-22/h7-17H,1-6H3. The van der Waals surface area contributed by atoms with Crippen molar-refractivity contribution in [3.8, 4) is 29.3 Å². The molecule has 0 unspecified atom stereocenters. The monoisotopic (exact) mass is 564 g/mol. The van der Waals surface area contributed by atoms with Crippen molar-refractivity contribution in [3.05, 3.63) is 52.3 Å². The molecule has 4 aromatic rings. The molecule has 0 fully saturated rings. The fraction of sp³-hybridized carbons (Fsp3) is 0.360. The number of halogens is 1. The van der Waals surface area contributed by atoms with Gasteiger partial charge in [-0.3, -0.25) is 0 Å². The molecule has 164 valence electrons. The van der Waals surface area contributed by atoms with Gasteiger partial charge in [0.05, 0.1) is 3.79 Å². The molecule has 0 aliphatic heterocycles. The Morgan fingerprint density at radius 2 is 0.871 bits per heavy atom. The van der Waals surface area contributed by atoms with E-state index in [-0.39, 0.29) is 0 Å². The van der Waals surface area contributed by atoms with E-state index >= 15 is 0 Å².